The number of ether oxygens (including phenoxy) is 1. The Balaban J connectivity index is 2.06. The molecule has 4 atom stereocenters. The van der Waals surface area contributed by atoms with Gasteiger partial charge in [0.25, 0.3) is 0 Å². The maximum absolute atomic E-state index is 6.00. The summed E-state index contributed by atoms with van der Waals surface area (Å²) < 4.78 is 5.70. The number of likely N-dealkylation sites (tertiary alicyclic amines) is 1. The minimum absolute atomic E-state index is 0.433. The van der Waals surface area contributed by atoms with Crippen molar-refractivity contribution >= 4 is 0 Å². The molecule has 0 spiro atoms. The van der Waals surface area contributed by atoms with Gasteiger partial charge in [0.15, 0.2) is 0 Å². The van der Waals surface area contributed by atoms with Crippen LogP contribution in [0, 0.1) is 5.92 Å². The zero-order valence-electron chi connectivity index (χ0n) is 11.4. The molecule has 0 aromatic carbocycles. The molecule has 4 unspecified atom stereocenters. The molecule has 3 heteroatoms. The van der Waals surface area contributed by atoms with Crippen molar-refractivity contribution in [2.75, 3.05) is 20.2 Å². The summed E-state index contributed by atoms with van der Waals surface area (Å²) in [5, 5.41) is 0. The van der Waals surface area contributed by atoms with Crippen molar-refractivity contribution in [1.82, 2.24) is 4.90 Å². The van der Waals surface area contributed by atoms with Gasteiger partial charge in [-0.2, -0.15) is 0 Å². The molecule has 2 rings (SSSR count). The van der Waals surface area contributed by atoms with E-state index in [1.54, 1.807) is 0 Å². The number of hydrogen-bond acceptors (Lipinski definition) is 3. The Labute approximate surface area is 106 Å². The van der Waals surface area contributed by atoms with Crippen LogP contribution in [0.15, 0.2) is 0 Å². The summed E-state index contributed by atoms with van der Waals surface area (Å²) in [4.78, 5) is 2.67. The molecular weight excluding hydrogens is 212 g/mol. The van der Waals surface area contributed by atoms with Crippen LogP contribution in [-0.2, 0) is 4.74 Å². The largest absolute Gasteiger partial charge is 0.380 e. The molecule has 0 amide bonds. The summed E-state index contributed by atoms with van der Waals surface area (Å²) in [6.45, 7) is 4.37. The Hall–Kier alpha value is -0.120. The van der Waals surface area contributed by atoms with Crippen molar-refractivity contribution in [1.29, 1.82) is 0 Å². The van der Waals surface area contributed by atoms with E-state index in [0.717, 1.165) is 12.5 Å². The number of piperidine rings is 1. The third-order valence-corrected chi connectivity index (χ3v) is 4.80. The number of hydrogen-bond donors (Lipinski definition) is 1. The Kier molecular flexibility index (Phi) is 4.83. The quantitative estimate of drug-likeness (QED) is 0.820. The second kappa shape index (κ2) is 6.17. The van der Waals surface area contributed by atoms with Crippen molar-refractivity contribution < 1.29 is 4.74 Å². The van der Waals surface area contributed by atoms with Crippen LogP contribution < -0.4 is 5.73 Å². The van der Waals surface area contributed by atoms with Crippen LogP contribution in [0.2, 0.25) is 0 Å². The Bertz CT molecular complexity index is 234. The second-order valence-corrected chi connectivity index (χ2v) is 5.79. The number of methoxy groups -OCH3 is 1. The fourth-order valence-corrected chi connectivity index (χ4v) is 3.79. The molecule has 3 nitrogen and oxygen atoms in total. The van der Waals surface area contributed by atoms with Gasteiger partial charge in [-0.15, -0.1) is 0 Å². The van der Waals surface area contributed by atoms with Gasteiger partial charge < -0.3 is 10.5 Å². The first-order chi connectivity index (χ1) is 8.27. The van der Waals surface area contributed by atoms with Gasteiger partial charge in [-0.05, 0) is 38.1 Å². The van der Waals surface area contributed by atoms with Gasteiger partial charge in [-0.3, -0.25) is 4.90 Å². The van der Waals surface area contributed by atoms with E-state index in [1.165, 1.54) is 45.1 Å². The first kappa shape index (κ1) is 13.3. The molecule has 1 aliphatic heterocycles. The highest BCUT2D eigenvalue weighted by Crippen LogP contribution is 2.32. The first-order valence-electron chi connectivity index (χ1n) is 7.26. The van der Waals surface area contributed by atoms with E-state index in [1.807, 2.05) is 7.11 Å². The zero-order valence-corrected chi connectivity index (χ0v) is 11.4. The molecule has 2 aliphatic rings. The zero-order chi connectivity index (χ0) is 12.3. The number of rotatable bonds is 3. The lowest BCUT2D eigenvalue weighted by molar-refractivity contribution is -0.0463. The van der Waals surface area contributed by atoms with Gasteiger partial charge in [-0.25, -0.2) is 0 Å². The van der Waals surface area contributed by atoms with E-state index in [2.05, 4.69) is 11.8 Å². The van der Waals surface area contributed by atoms with Crippen molar-refractivity contribution in [3.05, 3.63) is 0 Å². The maximum atomic E-state index is 6.00. The van der Waals surface area contributed by atoms with Crippen LogP contribution in [0.25, 0.3) is 0 Å². The normalized spacial score (nSPS) is 40.4. The standard InChI is InChI=1S/C14H28N2O/c1-11-6-5-9-16(13(11)10-15)12-7-3-4-8-14(12)17-2/h11-14H,3-10,15H2,1-2H3. The van der Waals surface area contributed by atoms with Gasteiger partial charge in [0.05, 0.1) is 6.10 Å². The molecule has 1 saturated carbocycles. The van der Waals surface area contributed by atoms with Gasteiger partial charge in [-0.1, -0.05) is 19.8 Å². The molecule has 1 saturated heterocycles. The summed E-state index contributed by atoms with van der Waals surface area (Å²) in [5.74, 6) is 0.744. The highest BCUT2D eigenvalue weighted by molar-refractivity contribution is 4.92. The molecule has 0 bridgehead atoms. The molecule has 0 radical (unpaired) electrons. The number of nitrogens with two attached hydrogens (primary N) is 1. The van der Waals surface area contributed by atoms with Gasteiger partial charge in [0.1, 0.15) is 0 Å². The van der Waals surface area contributed by atoms with Crippen LogP contribution in [0.5, 0.6) is 0 Å². The van der Waals surface area contributed by atoms with E-state index < -0.39 is 0 Å². The van der Waals surface area contributed by atoms with Crippen molar-refractivity contribution in [3.8, 4) is 0 Å². The molecule has 100 valence electrons. The molecule has 0 aromatic heterocycles. The average molecular weight is 240 g/mol. The molecule has 1 aliphatic carbocycles. The third kappa shape index (κ3) is 2.83. The monoisotopic (exact) mass is 240 g/mol. The second-order valence-electron chi connectivity index (χ2n) is 5.79. The highest BCUT2D eigenvalue weighted by atomic mass is 16.5. The van der Waals surface area contributed by atoms with Gasteiger partial charge in [0, 0.05) is 25.7 Å². The first-order valence-corrected chi connectivity index (χ1v) is 7.26. The summed E-state index contributed by atoms with van der Waals surface area (Å²) in [7, 11) is 1.87. The fourth-order valence-electron chi connectivity index (χ4n) is 3.79. The predicted octanol–water partition coefficient (Wildman–Crippen LogP) is 2.00. The average Bonchev–Trinajstić information content (AvgIpc) is 2.38. The molecule has 1 heterocycles. The van der Waals surface area contributed by atoms with Gasteiger partial charge >= 0.3 is 0 Å². The molecule has 2 N–H and O–H groups in total. The Morgan fingerprint density at radius 3 is 2.65 bits per heavy atom. The number of nitrogens with zero attached hydrogens (tertiary/aromatic N) is 1. The lowest BCUT2D eigenvalue weighted by Crippen LogP contribution is -2.57. The topological polar surface area (TPSA) is 38.5 Å². The lowest BCUT2D eigenvalue weighted by atomic mass is 9.84. The molecule has 17 heavy (non-hydrogen) atoms. The minimum atomic E-state index is 0.433. The summed E-state index contributed by atoms with van der Waals surface area (Å²) in [5.41, 5.74) is 6.00. The summed E-state index contributed by atoms with van der Waals surface area (Å²) in [6.07, 6.45) is 8.29. The van der Waals surface area contributed by atoms with Gasteiger partial charge in [0.2, 0.25) is 0 Å². The molecule has 0 aromatic rings. The fraction of sp³-hybridized carbons (Fsp3) is 1.00. The molecular formula is C14H28N2O. The van der Waals surface area contributed by atoms with Crippen molar-refractivity contribution in [2.24, 2.45) is 11.7 Å². The smallest absolute Gasteiger partial charge is 0.0726 e. The summed E-state index contributed by atoms with van der Waals surface area (Å²) in [6, 6.07) is 1.19. The van der Waals surface area contributed by atoms with E-state index in [0.29, 0.717) is 18.2 Å². The van der Waals surface area contributed by atoms with Crippen LogP contribution in [0.3, 0.4) is 0 Å². The third-order valence-electron chi connectivity index (χ3n) is 4.80. The van der Waals surface area contributed by atoms with Crippen LogP contribution >= 0.6 is 0 Å². The minimum Gasteiger partial charge on any atom is -0.380 e. The van der Waals surface area contributed by atoms with Crippen molar-refractivity contribution in [3.63, 3.8) is 0 Å². The summed E-state index contributed by atoms with van der Waals surface area (Å²) >= 11 is 0. The maximum Gasteiger partial charge on any atom is 0.0726 e. The Morgan fingerprint density at radius 1 is 1.18 bits per heavy atom. The highest BCUT2D eigenvalue weighted by Gasteiger charge is 2.37. The predicted molar refractivity (Wildman–Crippen MR) is 71.0 cm³/mol. The van der Waals surface area contributed by atoms with Crippen LogP contribution in [0.4, 0.5) is 0 Å². The lowest BCUT2D eigenvalue weighted by Gasteiger charge is -2.47. The Morgan fingerprint density at radius 2 is 1.94 bits per heavy atom. The van der Waals surface area contributed by atoms with E-state index >= 15 is 0 Å². The van der Waals surface area contributed by atoms with Crippen molar-refractivity contribution in [2.45, 2.75) is 63.6 Å². The molecule has 2 fully saturated rings. The SMILES string of the molecule is COC1CCCCC1N1CCCC(C)C1CN. The van der Waals surface area contributed by atoms with Crippen LogP contribution in [0.1, 0.15) is 45.4 Å². The van der Waals surface area contributed by atoms with E-state index in [4.69, 9.17) is 10.5 Å². The van der Waals surface area contributed by atoms with E-state index in [9.17, 15) is 0 Å². The van der Waals surface area contributed by atoms with Crippen LogP contribution in [-0.4, -0.2) is 43.3 Å². The van der Waals surface area contributed by atoms with E-state index in [-0.39, 0.29) is 0 Å².